The van der Waals surface area contributed by atoms with Gasteiger partial charge in [-0.05, 0) is 40.5 Å². The van der Waals surface area contributed by atoms with E-state index in [-0.39, 0.29) is 36.9 Å². The highest BCUT2D eigenvalue weighted by Gasteiger charge is 2.40. The number of carbonyl (C=O) groups is 5. The first-order chi connectivity index (χ1) is 19.3. The summed E-state index contributed by atoms with van der Waals surface area (Å²) in [6.45, 7) is 9.27. The van der Waals surface area contributed by atoms with Crippen LogP contribution in [0.1, 0.15) is 85.5 Å². The number of hydrogen-bond donors (Lipinski definition) is 2. The number of rotatable bonds is 14. The van der Waals surface area contributed by atoms with Gasteiger partial charge in [-0.3, -0.25) is 19.2 Å². The molecule has 5 amide bonds. The maximum Gasteiger partial charge on any atom is 0.410 e. The fourth-order valence-corrected chi connectivity index (χ4v) is 5.07. The van der Waals surface area contributed by atoms with E-state index in [4.69, 9.17) is 4.74 Å². The molecule has 0 aromatic carbocycles. The Morgan fingerprint density at radius 1 is 0.927 bits per heavy atom. The highest BCUT2D eigenvalue weighted by Crippen LogP contribution is 2.15. The number of ether oxygens (including phenoxy) is 1. The van der Waals surface area contributed by atoms with Crippen molar-refractivity contribution in [2.24, 2.45) is 0 Å². The average molecular weight is 582 g/mol. The lowest BCUT2D eigenvalue weighted by atomic mass is 10.1. The van der Waals surface area contributed by atoms with Gasteiger partial charge >= 0.3 is 6.09 Å². The molecule has 2 heterocycles. The second-order valence-electron chi connectivity index (χ2n) is 12.2. The third-order valence-electron chi connectivity index (χ3n) is 7.42. The first kappa shape index (κ1) is 34.3. The number of amides is 5. The Morgan fingerprint density at radius 3 is 2.02 bits per heavy atom. The minimum Gasteiger partial charge on any atom is -0.444 e. The third-order valence-corrected chi connectivity index (χ3v) is 7.42. The fraction of sp³-hybridized carbons (Fsp3) is 0.828. The number of piperazine rings is 2. The molecule has 2 aliphatic heterocycles. The van der Waals surface area contributed by atoms with E-state index in [1.165, 1.54) is 23.8 Å². The summed E-state index contributed by atoms with van der Waals surface area (Å²) in [5.41, 5.74) is -0.522. The zero-order valence-electron chi connectivity index (χ0n) is 25.7. The van der Waals surface area contributed by atoms with Gasteiger partial charge in [0.1, 0.15) is 24.7 Å². The molecule has 2 saturated heterocycles. The molecule has 41 heavy (non-hydrogen) atoms. The lowest BCUT2D eigenvalue weighted by molar-refractivity contribution is -0.159. The lowest BCUT2D eigenvalue weighted by Gasteiger charge is -2.39. The Labute approximate surface area is 244 Å². The van der Waals surface area contributed by atoms with Gasteiger partial charge in [-0.15, -0.1) is 0 Å². The molecule has 0 radical (unpaired) electrons. The van der Waals surface area contributed by atoms with Gasteiger partial charge in [0.05, 0.1) is 6.10 Å². The van der Waals surface area contributed by atoms with Crippen molar-refractivity contribution in [3.63, 3.8) is 0 Å². The number of aliphatic hydroxyl groups is 1. The molecule has 234 valence electrons. The monoisotopic (exact) mass is 581 g/mol. The average Bonchev–Trinajstić information content (AvgIpc) is 2.89. The third kappa shape index (κ3) is 11.9. The van der Waals surface area contributed by atoms with Gasteiger partial charge in [0.25, 0.3) is 0 Å². The molecule has 2 aliphatic rings. The lowest BCUT2D eigenvalue weighted by Crippen LogP contribution is -2.63. The number of unbranched alkanes of at least 4 members (excludes halogenated alkanes) is 7. The fourth-order valence-electron chi connectivity index (χ4n) is 5.07. The van der Waals surface area contributed by atoms with E-state index >= 15 is 0 Å². The van der Waals surface area contributed by atoms with Gasteiger partial charge < -0.3 is 34.8 Å². The van der Waals surface area contributed by atoms with Crippen LogP contribution in [0.5, 0.6) is 0 Å². The van der Waals surface area contributed by atoms with E-state index in [1.807, 2.05) is 25.7 Å². The van der Waals surface area contributed by atoms with Gasteiger partial charge in [0.15, 0.2) is 0 Å². The van der Waals surface area contributed by atoms with Crippen LogP contribution in [-0.4, -0.2) is 125 Å². The maximum absolute atomic E-state index is 12.5. The van der Waals surface area contributed by atoms with Crippen molar-refractivity contribution in [3.05, 3.63) is 0 Å². The topological polar surface area (TPSA) is 140 Å². The molecule has 12 heteroatoms. The zero-order chi connectivity index (χ0) is 30.6. The molecule has 0 unspecified atom stereocenters. The highest BCUT2D eigenvalue weighted by molar-refractivity contribution is 5.97. The van der Waals surface area contributed by atoms with E-state index in [0.29, 0.717) is 39.1 Å². The molecule has 2 fully saturated rings. The number of aliphatic hydroxyl groups excluding tert-OH is 1. The second-order valence-corrected chi connectivity index (χ2v) is 12.2. The van der Waals surface area contributed by atoms with Gasteiger partial charge in [-0.1, -0.05) is 38.5 Å². The van der Waals surface area contributed by atoms with Gasteiger partial charge in [0.2, 0.25) is 23.6 Å². The normalized spacial score (nSPS) is 18.9. The summed E-state index contributed by atoms with van der Waals surface area (Å²) >= 11 is 0. The molecule has 0 saturated carbocycles. The summed E-state index contributed by atoms with van der Waals surface area (Å²) < 4.78 is 5.40. The summed E-state index contributed by atoms with van der Waals surface area (Å²) in [7, 11) is 1.48. The van der Waals surface area contributed by atoms with Crippen molar-refractivity contribution in [1.82, 2.24) is 24.9 Å². The Hall–Kier alpha value is -2.89. The molecule has 0 aliphatic carbocycles. The van der Waals surface area contributed by atoms with E-state index in [1.54, 1.807) is 4.90 Å². The summed E-state index contributed by atoms with van der Waals surface area (Å²) in [4.78, 5) is 67.5. The van der Waals surface area contributed by atoms with E-state index in [9.17, 15) is 29.1 Å². The summed E-state index contributed by atoms with van der Waals surface area (Å²) in [5.74, 6) is -0.869. The summed E-state index contributed by atoms with van der Waals surface area (Å²) in [5, 5.41) is 12.7. The Morgan fingerprint density at radius 2 is 1.46 bits per heavy atom. The molecule has 0 aromatic heterocycles. The quantitative estimate of drug-likeness (QED) is 0.298. The van der Waals surface area contributed by atoms with Crippen LogP contribution in [-0.2, 0) is 23.9 Å². The predicted octanol–water partition coefficient (Wildman–Crippen LogP) is 1.74. The van der Waals surface area contributed by atoms with Gasteiger partial charge in [-0.25, -0.2) is 4.79 Å². The Balaban J connectivity index is 1.45. The smallest absolute Gasteiger partial charge is 0.410 e. The van der Waals surface area contributed by atoms with Crippen LogP contribution in [0.3, 0.4) is 0 Å². The highest BCUT2D eigenvalue weighted by atomic mass is 16.6. The number of likely N-dealkylation sites (N-methyl/N-ethyl adjacent to an activating group) is 1. The SMILES string of the molecule is C[C@@H](O)[C@H]1C(=O)N(CC(=O)NCCCCCCCCCCC(=O)N2CCN(C(=O)OC(C)(C)C)CC2)CC(=O)N1C. The van der Waals surface area contributed by atoms with Crippen LogP contribution in [0.25, 0.3) is 0 Å². The van der Waals surface area contributed by atoms with Crippen molar-refractivity contribution in [2.75, 3.05) is 52.9 Å². The maximum atomic E-state index is 12.5. The van der Waals surface area contributed by atoms with Crippen molar-refractivity contribution in [1.29, 1.82) is 0 Å². The number of carbonyl (C=O) groups excluding carboxylic acids is 5. The molecular weight excluding hydrogens is 530 g/mol. The minimum absolute atomic E-state index is 0.155. The summed E-state index contributed by atoms with van der Waals surface area (Å²) in [6.07, 6.45) is 7.30. The first-order valence-electron chi connectivity index (χ1n) is 15.0. The van der Waals surface area contributed by atoms with Crippen LogP contribution in [0.4, 0.5) is 4.79 Å². The molecular formula is C29H51N5O7. The van der Waals surface area contributed by atoms with Crippen molar-refractivity contribution in [2.45, 2.75) is 103 Å². The van der Waals surface area contributed by atoms with Gasteiger partial charge in [-0.2, -0.15) is 0 Å². The molecule has 2 atom stereocenters. The second kappa shape index (κ2) is 16.5. The summed E-state index contributed by atoms with van der Waals surface area (Å²) in [6, 6.07) is -0.960. The van der Waals surface area contributed by atoms with E-state index in [0.717, 1.165) is 51.4 Å². The molecule has 2 rings (SSSR count). The minimum atomic E-state index is -1.01. The number of hydrogen-bond acceptors (Lipinski definition) is 7. The molecule has 0 spiro atoms. The first-order valence-corrected chi connectivity index (χ1v) is 15.0. The van der Waals surface area contributed by atoms with Crippen LogP contribution < -0.4 is 5.32 Å². The van der Waals surface area contributed by atoms with Crippen molar-refractivity contribution in [3.8, 4) is 0 Å². The largest absolute Gasteiger partial charge is 0.444 e. The van der Waals surface area contributed by atoms with Crippen molar-refractivity contribution < 1.29 is 33.8 Å². The molecule has 12 nitrogen and oxygen atoms in total. The van der Waals surface area contributed by atoms with E-state index in [2.05, 4.69) is 5.32 Å². The number of nitrogens with one attached hydrogen (secondary N) is 1. The molecule has 2 N–H and O–H groups in total. The van der Waals surface area contributed by atoms with Crippen LogP contribution >= 0.6 is 0 Å². The van der Waals surface area contributed by atoms with E-state index < -0.39 is 23.7 Å². The zero-order valence-corrected chi connectivity index (χ0v) is 25.7. The number of nitrogens with zero attached hydrogens (tertiary/aromatic N) is 4. The predicted molar refractivity (Wildman–Crippen MR) is 154 cm³/mol. The van der Waals surface area contributed by atoms with Crippen molar-refractivity contribution >= 4 is 29.7 Å². The van der Waals surface area contributed by atoms with Crippen LogP contribution in [0.2, 0.25) is 0 Å². The van der Waals surface area contributed by atoms with Crippen LogP contribution in [0.15, 0.2) is 0 Å². The molecule has 0 bridgehead atoms. The Bertz CT molecular complexity index is 896. The standard InChI is InChI=1S/C29H51N5O7/c1-22(35)26-27(39)34(21-25(38)31(26)5)20-23(36)30-15-13-11-9-7-6-8-10-12-14-24(37)32-16-18-33(19-17-32)28(40)41-29(2,3)4/h22,26,35H,6-21H2,1-5H3,(H,30,36)/t22-,26+/m1/s1. The van der Waals surface area contributed by atoms with Crippen LogP contribution in [0, 0.1) is 0 Å². The van der Waals surface area contributed by atoms with Gasteiger partial charge in [0, 0.05) is 46.2 Å². The molecule has 0 aromatic rings. The Kier molecular flexibility index (Phi) is 13.8.